The number of hydrogen-bond donors (Lipinski definition) is 2. The minimum Gasteiger partial charge on any atom is -0.383 e. The molecule has 2 N–H and O–H groups in total. The Morgan fingerprint density at radius 3 is 2.86 bits per heavy atom. The molecule has 0 saturated carbocycles. The van der Waals surface area contributed by atoms with Crippen molar-refractivity contribution in [1.29, 1.82) is 0 Å². The van der Waals surface area contributed by atoms with Gasteiger partial charge in [-0.25, -0.2) is 0 Å². The second-order valence-corrected chi connectivity index (χ2v) is 5.67. The van der Waals surface area contributed by atoms with Crippen LogP contribution < -0.4 is 15.5 Å². The van der Waals surface area contributed by atoms with Crippen LogP contribution in [0.25, 0.3) is 0 Å². The van der Waals surface area contributed by atoms with Crippen LogP contribution in [0.1, 0.15) is 12.5 Å². The quantitative estimate of drug-likeness (QED) is 0.661. The van der Waals surface area contributed by atoms with E-state index in [1.54, 1.807) is 7.11 Å². The molecule has 0 spiro atoms. The van der Waals surface area contributed by atoms with E-state index in [1.165, 1.54) is 0 Å². The summed E-state index contributed by atoms with van der Waals surface area (Å²) in [6.45, 7) is 5.13. The summed E-state index contributed by atoms with van der Waals surface area (Å²) in [7, 11) is 3.61. The molecule has 6 heteroatoms. The van der Waals surface area contributed by atoms with E-state index in [9.17, 15) is 4.79 Å². The topological polar surface area (TPSA) is 53.6 Å². The molecule has 0 heterocycles. The Labute approximate surface area is 135 Å². The number of benzene rings is 1. The highest BCUT2D eigenvalue weighted by molar-refractivity contribution is 9.10. The molecule has 0 aliphatic rings. The van der Waals surface area contributed by atoms with Crippen LogP contribution >= 0.6 is 15.9 Å². The molecule has 0 atom stereocenters. The second kappa shape index (κ2) is 9.76. The fourth-order valence-electron chi connectivity index (χ4n) is 1.99. The maximum absolute atomic E-state index is 11.7. The van der Waals surface area contributed by atoms with Gasteiger partial charge in [-0.2, -0.15) is 0 Å². The van der Waals surface area contributed by atoms with E-state index in [-0.39, 0.29) is 5.91 Å². The Kier molecular flexibility index (Phi) is 8.34. The third-order valence-corrected chi connectivity index (χ3v) is 3.50. The molecule has 0 aliphatic carbocycles. The maximum Gasteiger partial charge on any atom is 0.239 e. The molecule has 5 nitrogen and oxygen atoms in total. The van der Waals surface area contributed by atoms with Crippen LogP contribution in [0.3, 0.4) is 0 Å². The Morgan fingerprint density at radius 2 is 2.19 bits per heavy atom. The van der Waals surface area contributed by atoms with Crippen molar-refractivity contribution in [2.45, 2.75) is 13.5 Å². The van der Waals surface area contributed by atoms with E-state index in [0.717, 1.165) is 28.8 Å². The van der Waals surface area contributed by atoms with Crippen molar-refractivity contribution in [3.63, 3.8) is 0 Å². The first-order valence-corrected chi connectivity index (χ1v) is 7.83. The number of nitrogens with one attached hydrogen (secondary N) is 2. The molecule has 0 bridgehead atoms. The lowest BCUT2D eigenvalue weighted by molar-refractivity contribution is -0.119. The number of anilines is 1. The highest BCUT2D eigenvalue weighted by Gasteiger charge is 2.11. The average Bonchev–Trinajstić information content (AvgIpc) is 2.45. The molecule has 21 heavy (non-hydrogen) atoms. The summed E-state index contributed by atoms with van der Waals surface area (Å²) in [4.78, 5) is 13.7. The fraction of sp³-hybridized carbons (Fsp3) is 0.533. The second-order valence-electron chi connectivity index (χ2n) is 4.75. The molecule has 1 aromatic rings. The van der Waals surface area contributed by atoms with Crippen LogP contribution in [-0.2, 0) is 16.1 Å². The van der Waals surface area contributed by atoms with Crippen molar-refractivity contribution in [2.24, 2.45) is 0 Å². The van der Waals surface area contributed by atoms with Crippen LogP contribution in [0.2, 0.25) is 0 Å². The molecule has 118 valence electrons. The lowest BCUT2D eigenvalue weighted by Gasteiger charge is -2.22. The average molecular weight is 358 g/mol. The zero-order chi connectivity index (χ0) is 15.7. The van der Waals surface area contributed by atoms with Gasteiger partial charge >= 0.3 is 0 Å². The van der Waals surface area contributed by atoms with Crippen LogP contribution in [0, 0.1) is 0 Å². The minimum atomic E-state index is 0.0262. The van der Waals surface area contributed by atoms with Crippen molar-refractivity contribution in [3.8, 4) is 0 Å². The number of nitrogens with zero attached hydrogens (tertiary/aromatic N) is 1. The molecule has 1 amide bonds. The Hall–Kier alpha value is -1.11. The number of hydrogen-bond acceptors (Lipinski definition) is 4. The molecule has 0 unspecified atom stereocenters. The van der Waals surface area contributed by atoms with Crippen LogP contribution in [-0.4, -0.2) is 46.3 Å². The van der Waals surface area contributed by atoms with Gasteiger partial charge in [-0.1, -0.05) is 22.0 Å². The molecular weight excluding hydrogens is 334 g/mol. The van der Waals surface area contributed by atoms with Crippen molar-refractivity contribution in [2.75, 3.05) is 45.3 Å². The molecular formula is C15H24BrN3O2. The summed E-state index contributed by atoms with van der Waals surface area (Å²) in [5, 5.41) is 6.14. The summed E-state index contributed by atoms with van der Waals surface area (Å²) in [6, 6.07) is 6.11. The number of carbonyl (C=O) groups excluding carboxylic acids is 1. The highest BCUT2D eigenvalue weighted by Crippen LogP contribution is 2.24. The monoisotopic (exact) mass is 357 g/mol. The van der Waals surface area contributed by atoms with E-state index in [1.807, 2.05) is 31.0 Å². The van der Waals surface area contributed by atoms with Crippen molar-refractivity contribution in [3.05, 3.63) is 28.2 Å². The summed E-state index contributed by atoms with van der Waals surface area (Å²) in [5.74, 6) is 0.0262. The van der Waals surface area contributed by atoms with E-state index in [2.05, 4.69) is 32.6 Å². The fourth-order valence-corrected chi connectivity index (χ4v) is 2.34. The first kappa shape index (κ1) is 17.9. The van der Waals surface area contributed by atoms with Gasteiger partial charge in [0.05, 0.1) is 13.2 Å². The van der Waals surface area contributed by atoms with Gasteiger partial charge in [0.15, 0.2) is 0 Å². The highest BCUT2D eigenvalue weighted by atomic mass is 79.9. The summed E-state index contributed by atoms with van der Waals surface area (Å²) in [5.41, 5.74) is 2.20. The van der Waals surface area contributed by atoms with Crippen molar-refractivity contribution in [1.82, 2.24) is 10.6 Å². The molecule has 1 rings (SSSR count). The Balaban J connectivity index is 2.73. The smallest absolute Gasteiger partial charge is 0.239 e. The van der Waals surface area contributed by atoms with Gasteiger partial charge in [-0.05, 0) is 24.6 Å². The SMILES string of the molecule is CCNC(=O)CN(C)c1cc(Br)ccc1CNCCOC. The van der Waals surface area contributed by atoms with E-state index in [0.29, 0.717) is 19.7 Å². The third kappa shape index (κ3) is 6.46. The lowest BCUT2D eigenvalue weighted by atomic mass is 10.1. The molecule has 0 aromatic heterocycles. The van der Waals surface area contributed by atoms with Gasteiger partial charge in [-0.15, -0.1) is 0 Å². The first-order chi connectivity index (χ1) is 10.1. The van der Waals surface area contributed by atoms with Crippen molar-refractivity contribution < 1.29 is 9.53 Å². The van der Waals surface area contributed by atoms with E-state index >= 15 is 0 Å². The zero-order valence-electron chi connectivity index (χ0n) is 12.9. The van der Waals surface area contributed by atoms with E-state index in [4.69, 9.17) is 4.74 Å². The standard InChI is InChI=1S/C15H24BrN3O2/c1-4-18-15(20)11-19(2)14-9-13(16)6-5-12(14)10-17-7-8-21-3/h5-6,9,17H,4,7-8,10-11H2,1-3H3,(H,18,20). The predicted molar refractivity (Wildman–Crippen MR) is 89.7 cm³/mol. The van der Waals surface area contributed by atoms with Gasteiger partial charge in [-0.3, -0.25) is 4.79 Å². The number of rotatable bonds is 9. The Morgan fingerprint density at radius 1 is 1.43 bits per heavy atom. The number of methoxy groups -OCH3 is 1. The number of likely N-dealkylation sites (N-methyl/N-ethyl adjacent to an activating group) is 2. The maximum atomic E-state index is 11.7. The van der Waals surface area contributed by atoms with Gasteiger partial charge in [0, 0.05) is 44.0 Å². The summed E-state index contributed by atoms with van der Waals surface area (Å²) in [6.07, 6.45) is 0. The molecule has 0 saturated heterocycles. The third-order valence-electron chi connectivity index (χ3n) is 3.01. The molecule has 0 aliphatic heterocycles. The number of amides is 1. The normalized spacial score (nSPS) is 10.5. The van der Waals surface area contributed by atoms with Gasteiger partial charge in [0.25, 0.3) is 0 Å². The first-order valence-electron chi connectivity index (χ1n) is 7.04. The zero-order valence-corrected chi connectivity index (χ0v) is 14.5. The van der Waals surface area contributed by atoms with E-state index < -0.39 is 0 Å². The molecule has 0 fully saturated rings. The van der Waals surface area contributed by atoms with Gasteiger partial charge in [0.1, 0.15) is 0 Å². The largest absolute Gasteiger partial charge is 0.383 e. The minimum absolute atomic E-state index is 0.0262. The number of halogens is 1. The van der Waals surface area contributed by atoms with Gasteiger partial charge < -0.3 is 20.3 Å². The van der Waals surface area contributed by atoms with Crippen LogP contribution in [0.5, 0.6) is 0 Å². The molecule has 0 radical (unpaired) electrons. The summed E-state index contributed by atoms with van der Waals surface area (Å²) >= 11 is 3.49. The summed E-state index contributed by atoms with van der Waals surface area (Å²) < 4.78 is 6.02. The predicted octanol–water partition coefficient (Wildman–Crippen LogP) is 1.76. The Bertz CT molecular complexity index is 455. The number of ether oxygens (including phenoxy) is 1. The van der Waals surface area contributed by atoms with Crippen LogP contribution in [0.15, 0.2) is 22.7 Å². The van der Waals surface area contributed by atoms with Gasteiger partial charge in [0.2, 0.25) is 5.91 Å². The van der Waals surface area contributed by atoms with Crippen LogP contribution in [0.4, 0.5) is 5.69 Å². The number of carbonyl (C=O) groups is 1. The van der Waals surface area contributed by atoms with Crippen molar-refractivity contribution >= 4 is 27.5 Å². The molecule has 1 aromatic carbocycles. The lowest BCUT2D eigenvalue weighted by Crippen LogP contribution is -2.35.